The highest BCUT2D eigenvalue weighted by molar-refractivity contribution is 5.91. The number of aryl methyl sites for hydroxylation is 2. The molecule has 0 saturated heterocycles. The van der Waals surface area contributed by atoms with Gasteiger partial charge in [0.15, 0.2) is 0 Å². The molecule has 2 heterocycles. The number of nitrogens with one attached hydrogen (secondary N) is 2. The molecule has 2 aromatic heterocycles. The van der Waals surface area contributed by atoms with E-state index in [9.17, 15) is 9.59 Å². The Labute approximate surface area is 144 Å². The number of amides is 1. The van der Waals surface area contributed by atoms with E-state index in [2.05, 4.69) is 20.6 Å². The molecule has 3 rings (SSSR count). The summed E-state index contributed by atoms with van der Waals surface area (Å²) in [6, 6.07) is 12.6. The highest BCUT2D eigenvalue weighted by Gasteiger charge is 2.08. The zero-order valence-electron chi connectivity index (χ0n) is 13.9. The fourth-order valence-electron chi connectivity index (χ4n) is 2.50. The Hall–Kier alpha value is -3.22. The molecule has 0 aliphatic carbocycles. The molecule has 3 aromatic rings. The van der Waals surface area contributed by atoms with E-state index in [1.807, 2.05) is 48.1 Å². The van der Waals surface area contributed by atoms with Crippen molar-refractivity contribution in [3.8, 4) is 5.69 Å². The number of carbonyl (C=O) groups excluding carboxylic acids is 1. The molecule has 7 heteroatoms. The molecule has 0 aliphatic heterocycles. The minimum absolute atomic E-state index is 0.202. The van der Waals surface area contributed by atoms with Gasteiger partial charge in [-0.15, -0.1) is 0 Å². The molecular weight excluding hydrogens is 318 g/mol. The molecule has 25 heavy (non-hydrogen) atoms. The van der Waals surface area contributed by atoms with E-state index < -0.39 is 0 Å². The lowest BCUT2D eigenvalue weighted by Gasteiger charge is -2.04. The van der Waals surface area contributed by atoms with Crippen LogP contribution in [0, 0.1) is 6.92 Å². The Morgan fingerprint density at radius 1 is 1.20 bits per heavy atom. The predicted octanol–water partition coefficient (Wildman–Crippen LogP) is 1.63. The number of aromatic nitrogens is 4. The zero-order chi connectivity index (χ0) is 17.6. The lowest BCUT2D eigenvalue weighted by Crippen LogP contribution is -2.26. The highest BCUT2D eigenvalue weighted by atomic mass is 16.2. The van der Waals surface area contributed by atoms with E-state index in [1.165, 1.54) is 12.1 Å². The smallest absolute Gasteiger partial charge is 0.271 e. The van der Waals surface area contributed by atoms with E-state index in [0.29, 0.717) is 6.54 Å². The van der Waals surface area contributed by atoms with Gasteiger partial charge in [0.1, 0.15) is 5.69 Å². The second kappa shape index (κ2) is 7.57. The van der Waals surface area contributed by atoms with E-state index >= 15 is 0 Å². The molecule has 7 nitrogen and oxygen atoms in total. The van der Waals surface area contributed by atoms with Gasteiger partial charge in [-0.05, 0) is 43.5 Å². The minimum atomic E-state index is -0.331. The van der Waals surface area contributed by atoms with Gasteiger partial charge in [-0.2, -0.15) is 10.2 Å². The van der Waals surface area contributed by atoms with Gasteiger partial charge in [0.05, 0.1) is 11.4 Å². The second-order valence-electron chi connectivity index (χ2n) is 5.69. The van der Waals surface area contributed by atoms with Crippen molar-refractivity contribution in [2.75, 3.05) is 6.54 Å². The number of nitrogens with zero attached hydrogens (tertiary/aromatic N) is 3. The number of carbonyl (C=O) groups is 1. The Kier molecular flexibility index (Phi) is 5.03. The first kappa shape index (κ1) is 16.6. The molecule has 0 atom stereocenters. The number of para-hydroxylation sites is 1. The van der Waals surface area contributed by atoms with E-state index in [4.69, 9.17) is 0 Å². The van der Waals surface area contributed by atoms with E-state index in [1.54, 1.807) is 0 Å². The van der Waals surface area contributed by atoms with Crippen molar-refractivity contribution in [1.82, 2.24) is 25.3 Å². The number of rotatable bonds is 6. The standard InChI is InChI=1S/C18H19N5O2/c1-13-14(12-23(22-13)15-7-3-2-4-8-15)6-5-11-19-18(25)16-9-10-17(24)21-20-16/h2-4,7-10,12H,5-6,11H2,1H3,(H,19,25)(H,21,24). The predicted molar refractivity (Wildman–Crippen MR) is 93.8 cm³/mol. The van der Waals surface area contributed by atoms with Crippen molar-refractivity contribution >= 4 is 5.91 Å². The molecule has 1 aromatic carbocycles. The van der Waals surface area contributed by atoms with Crippen molar-refractivity contribution in [3.05, 3.63) is 76.0 Å². The number of hydrogen-bond acceptors (Lipinski definition) is 4. The maximum absolute atomic E-state index is 11.9. The summed E-state index contributed by atoms with van der Waals surface area (Å²) in [5.74, 6) is -0.298. The van der Waals surface area contributed by atoms with Gasteiger partial charge < -0.3 is 5.32 Å². The Bertz CT molecular complexity index is 894. The van der Waals surface area contributed by atoms with Crippen molar-refractivity contribution in [2.45, 2.75) is 19.8 Å². The van der Waals surface area contributed by atoms with Gasteiger partial charge in [0, 0.05) is 18.8 Å². The van der Waals surface area contributed by atoms with Gasteiger partial charge in [-0.1, -0.05) is 18.2 Å². The van der Waals surface area contributed by atoms with E-state index in [0.717, 1.165) is 29.8 Å². The average Bonchev–Trinajstić information content (AvgIpc) is 3.01. The Balaban J connectivity index is 1.52. The molecule has 1 amide bonds. The third-order valence-electron chi connectivity index (χ3n) is 3.84. The van der Waals surface area contributed by atoms with Gasteiger partial charge in [0.2, 0.25) is 0 Å². The van der Waals surface area contributed by atoms with Crippen LogP contribution in [0.25, 0.3) is 5.69 Å². The van der Waals surface area contributed by atoms with Crippen LogP contribution in [0.3, 0.4) is 0 Å². The van der Waals surface area contributed by atoms with Crippen LogP contribution in [-0.4, -0.2) is 32.4 Å². The summed E-state index contributed by atoms with van der Waals surface area (Å²) in [4.78, 5) is 22.9. The summed E-state index contributed by atoms with van der Waals surface area (Å²) in [5.41, 5.74) is 3.03. The quantitative estimate of drug-likeness (QED) is 0.669. The normalized spacial score (nSPS) is 10.6. The molecule has 128 valence electrons. The van der Waals surface area contributed by atoms with Gasteiger partial charge in [0.25, 0.3) is 11.5 Å². The maximum Gasteiger partial charge on any atom is 0.271 e. The molecule has 0 radical (unpaired) electrons. The number of H-pyrrole nitrogens is 1. The fourth-order valence-corrected chi connectivity index (χ4v) is 2.50. The first-order valence-electron chi connectivity index (χ1n) is 8.08. The van der Waals surface area contributed by atoms with Crippen LogP contribution >= 0.6 is 0 Å². The zero-order valence-corrected chi connectivity index (χ0v) is 13.9. The second-order valence-corrected chi connectivity index (χ2v) is 5.69. The molecule has 0 bridgehead atoms. The number of hydrogen-bond donors (Lipinski definition) is 2. The SMILES string of the molecule is Cc1nn(-c2ccccc2)cc1CCCNC(=O)c1ccc(=O)[nH]n1. The van der Waals surface area contributed by atoms with Crippen molar-refractivity contribution in [2.24, 2.45) is 0 Å². The summed E-state index contributed by atoms with van der Waals surface area (Å²) in [6.07, 6.45) is 3.63. The largest absolute Gasteiger partial charge is 0.351 e. The van der Waals surface area contributed by atoms with Crippen LogP contribution in [0.15, 0.2) is 53.5 Å². The van der Waals surface area contributed by atoms with Crippen molar-refractivity contribution < 1.29 is 4.79 Å². The van der Waals surface area contributed by atoms with Gasteiger partial charge >= 0.3 is 0 Å². The van der Waals surface area contributed by atoms with Crippen LogP contribution in [0.2, 0.25) is 0 Å². The van der Waals surface area contributed by atoms with E-state index in [-0.39, 0.29) is 17.2 Å². The van der Waals surface area contributed by atoms with Gasteiger partial charge in [-0.25, -0.2) is 9.78 Å². The maximum atomic E-state index is 11.9. The van der Waals surface area contributed by atoms with Gasteiger partial charge in [-0.3, -0.25) is 9.59 Å². The molecule has 0 saturated carbocycles. The molecular formula is C18H19N5O2. The topological polar surface area (TPSA) is 92.7 Å². The monoisotopic (exact) mass is 337 g/mol. The van der Waals surface area contributed by atoms with Crippen LogP contribution in [0.4, 0.5) is 0 Å². The minimum Gasteiger partial charge on any atom is -0.351 e. The van der Waals surface area contributed by atoms with Crippen molar-refractivity contribution in [3.63, 3.8) is 0 Å². The summed E-state index contributed by atoms with van der Waals surface area (Å²) >= 11 is 0. The molecule has 0 unspecified atom stereocenters. The first-order chi connectivity index (χ1) is 12.1. The third-order valence-corrected chi connectivity index (χ3v) is 3.84. The summed E-state index contributed by atoms with van der Waals surface area (Å²) in [5, 5.41) is 13.3. The number of benzene rings is 1. The third kappa shape index (κ3) is 4.20. The van der Waals surface area contributed by atoms with Crippen LogP contribution < -0.4 is 10.9 Å². The molecule has 0 spiro atoms. The molecule has 0 aliphatic rings. The highest BCUT2D eigenvalue weighted by Crippen LogP contribution is 2.13. The average molecular weight is 337 g/mol. The summed E-state index contributed by atoms with van der Waals surface area (Å²) in [6.45, 7) is 2.51. The first-order valence-corrected chi connectivity index (χ1v) is 8.08. The van der Waals surface area contributed by atoms with Crippen LogP contribution in [-0.2, 0) is 6.42 Å². The summed E-state index contributed by atoms with van der Waals surface area (Å²) in [7, 11) is 0. The van der Waals surface area contributed by atoms with Crippen molar-refractivity contribution in [1.29, 1.82) is 0 Å². The molecule has 2 N–H and O–H groups in total. The van der Waals surface area contributed by atoms with Crippen LogP contribution in [0.1, 0.15) is 28.2 Å². The fraction of sp³-hybridized carbons (Fsp3) is 0.222. The number of aromatic amines is 1. The summed E-state index contributed by atoms with van der Waals surface area (Å²) < 4.78 is 1.87. The lowest BCUT2D eigenvalue weighted by molar-refractivity contribution is 0.0947. The Morgan fingerprint density at radius 2 is 2.00 bits per heavy atom. The lowest BCUT2D eigenvalue weighted by atomic mass is 10.1. The molecule has 0 fully saturated rings. The van der Waals surface area contributed by atoms with Crippen LogP contribution in [0.5, 0.6) is 0 Å². The Morgan fingerprint density at radius 3 is 2.72 bits per heavy atom.